The van der Waals surface area contributed by atoms with Crippen molar-refractivity contribution >= 4 is 29.5 Å². The Morgan fingerprint density at radius 2 is 1.73 bits per heavy atom. The number of hydrogen-bond acceptors (Lipinski definition) is 5. The van der Waals surface area contributed by atoms with Crippen LogP contribution in [0.5, 0.6) is 11.5 Å². The highest BCUT2D eigenvalue weighted by atomic mass is 35.5. The summed E-state index contributed by atoms with van der Waals surface area (Å²) in [5.41, 5.74) is 4.81. The molecule has 1 aliphatic rings. The van der Waals surface area contributed by atoms with E-state index >= 15 is 0 Å². The molecule has 0 saturated carbocycles. The monoisotopic (exact) mass is 461 g/mol. The third kappa shape index (κ3) is 5.10. The molecule has 0 spiro atoms. The second-order valence-corrected chi connectivity index (χ2v) is 8.04. The van der Waals surface area contributed by atoms with Crippen molar-refractivity contribution in [1.29, 1.82) is 0 Å². The van der Waals surface area contributed by atoms with Crippen molar-refractivity contribution in [3.05, 3.63) is 99.2 Å². The summed E-state index contributed by atoms with van der Waals surface area (Å²) in [6.45, 7) is 6.66. The Morgan fingerprint density at radius 1 is 1.00 bits per heavy atom. The molecule has 0 saturated heterocycles. The fourth-order valence-corrected chi connectivity index (χ4v) is 3.76. The van der Waals surface area contributed by atoms with Crippen molar-refractivity contribution in [1.82, 2.24) is 0 Å². The van der Waals surface area contributed by atoms with Crippen LogP contribution in [0.25, 0.3) is 6.08 Å². The van der Waals surface area contributed by atoms with E-state index in [1.54, 1.807) is 18.2 Å². The molecule has 3 aromatic rings. The lowest BCUT2D eigenvalue weighted by Crippen LogP contribution is -2.06. The van der Waals surface area contributed by atoms with Crippen molar-refractivity contribution in [3.8, 4) is 11.5 Å². The van der Waals surface area contributed by atoms with Gasteiger partial charge in [-0.25, -0.2) is 9.79 Å². The van der Waals surface area contributed by atoms with E-state index in [4.69, 9.17) is 25.8 Å². The molecule has 0 radical (unpaired) electrons. The van der Waals surface area contributed by atoms with Crippen LogP contribution in [0.15, 0.2) is 71.4 Å². The normalized spacial score (nSPS) is 14.2. The van der Waals surface area contributed by atoms with Crippen molar-refractivity contribution in [3.63, 3.8) is 0 Å². The first-order valence-corrected chi connectivity index (χ1v) is 11.1. The van der Waals surface area contributed by atoms with Crippen LogP contribution in [0.1, 0.15) is 34.7 Å². The predicted molar refractivity (Wildman–Crippen MR) is 130 cm³/mol. The van der Waals surface area contributed by atoms with E-state index in [0.29, 0.717) is 41.2 Å². The molecular weight excluding hydrogens is 438 g/mol. The minimum absolute atomic E-state index is 0.195. The number of cyclic esters (lactones) is 1. The highest BCUT2D eigenvalue weighted by Crippen LogP contribution is 2.38. The maximum atomic E-state index is 12.4. The minimum atomic E-state index is -0.512. The van der Waals surface area contributed by atoms with Gasteiger partial charge in [-0.1, -0.05) is 54.1 Å². The minimum Gasteiger partial charge on any atom is -0.490 e. The van der Waals surface area contributed by atoms with E-state index in [2.05, 4.69) is 4.99 Å². The summed E-state index contributed by atoms with van der Waals surface area (Å²) < 4.78 is 17.2. The summed E-state index contributed by atoms with van der Waals surface area (Å²) in [4.78, 5) is 16.8. The van der Waals surface area contributed by atoms with Gasteiger partial charge >= 0.3 is 5.97 Å². The molecule has 1 aliphatic heterocycles. The quantitative estimate of drug-likeness (QED) is 0.307. The smallest absolute Gasteiger partial charge is 0.363 e. The average molecular weight is 462 g/mol. The van der Waals surface area contributed by atoms with Crippen molar-refractivity contribution < 1.29 is 19.0 Å². The van der Waals surface area contributed by atoms with Crippen LogP contribution in [0, 0.1) is 13.8 Å². The maximum absolute atomic E-state index is 12.4. The van der Waals surface area contributed by atoms with Crippen LogP contribution < -0.4 is 9.47 Å². The summed E-state index contributed by atoms with van der Waals surface area (Å²) >= 11 is 6.56. The number of benzene rings is 3. The van der Waals surface area contributed by atoms with Gasteiger partial charge in [0.1, 0.15) is 6.61 Å². The third-order valence-electron chi connectivity index (χ3n) is 5.26. The number of ether oxygens (including phenoxy) is 3. The molecule has 0 N–H and O–H groups in total. The highest BCUT2D eigenvalue weighted by molar-refractivity contribution is 6.32. The molecule has 4 rings (SSSR count). The molecule has 0 amide bonds. The number of halogens is 1. The number of nitrogens with zero attached hydrogens (tertiary/aromatic N) is 1. The Morgan fingerprint density at radius 3 is 2.45 bits per heavy atom. The van der Waals surface area contributed by atoms with E-state index in [1.807, 2.05) is 69.3 Å². The van der Waals surface area contributed by atoms with Crippen LogP contribution in [-0.2, 0) is 16.1 Å². The zero-order valence-corrected chi connectivity index (χ0v) is 19.5. The van der Waals surface area contributed by atoms with Gasteiger partial charge in [-0.2, -0.15) is 0 Å². The van der Waals surface area contributed by atoms with Gasteiger partial charge in [-0.05, 0) is 67.3 Å². The Labute approximate surface area is 198 Å². The molecule has 0 atom stereocenters. The summed E-state index contributed by atoms with van der Waals surface area (Å²) in [6, 6.07) is 19.1. The van der Waals surface area contributed by atoms with E-state index in [9.17, 15) is 4.79 Å². The number of esters is 1. The average Bonchev–Trinajstić information content (AvgIpc) is 3.14. The summed E-state index contributed by atoms with van der Waals surface area (Å²) in [7, 11) is 0. The van der Waals surface area contributed by atoms with Gasteiger partial charge in [-0.3, -0.25) is 0 Å². The molecule has 0 bridgehead atoms. The van der Waals surface area contributed by atoms with Gasteiger partial charge in [0.05, 0.1) is 11.6 Å². The molecule has 0 unspecified atom stereocenters. The number of carbonyl (C=O) groups is 1. The Kier molecular flexibility index (Phi) is 6.80. The van der Waals surface area contributed by atoms with E-state index in [-0.39, 0.29) is 5.70 Å². The predicted octanol–water partition coefficient (Wildman–Crippen LogP) is 6.28. The van der Waals surface area contributed by atoms with Crippen LogP contribution in [0.4, 0.5) is 0 Å². The molecule has 33 heavy (non-hydrogen) atoms. The van der Waals surface area contributed by atoms with Crippen LogP contribution in [-0.4, -0.2) is 18.5 Å². The van der Waals surface area contributed by atoms with Crippen LogP contribution in [0.3, 0.4) is 0 Å². The molecule has 5 nitrogen and oxygen atoms in total. The Bertz CT molecular complexity index is 1260. The fourth-order valence-electron chi connectivity index (χ4n) is 3.49. The first-order valence-electron chi connectivity index (χ1n) is 10.7. The van der Waals surface area contributed by atoms with Crippen molar-refractivity contribution in [2.45, 2.75) is 27.4 Å². The van der Waals surface area contributed by atoms with Gasteiger partial charge in [0.2, 0.25) is 5.90 Å². The summed E-state index contributed by atoms with van der Waals surface area (Å²) in [5.74, 6) is 0.739. The number of aryl methyl sites for hydroxylation is 2. The SMILES string of the molecule is CCOc1cc(/C=C2\N=C(c3ccccc3C)OC2=O)cc(Cl)c1OCc1ccccc1C. The number of carbonyl (C=O) groups excluding carboxylic acids is 1. The molecule has 1 heterocycles. The van der Waals surface area contributed by atoms with Crippen LogP contribution in [0.2, 0.25) is 5.02 Å². The second-order valence-electron chi connectivity index (χ2n) is 7.63. The topological polar surface area (TPSA) is 57.1 Å². The zero-order valence-electron chi connectivity index (χ0n) is 18.7. The molecule has 3 aromatic carbocycles. The highest BCUT2D eigenvalue weighted by Gasteiger charge is 2.25. The molecular formula is C27H24ClNO4. The largest absolute Gasteiger partial charge is 0.490 e. The van der Waals surface area contributed by atoms with Gasteiger partial charge in [-0.15, -0.1) is 0 Å². The van der Waals surface area contributed by atoms with E-state index in [0.717, 1.165) is 22.3 Å². The molecule has 0 aromatic heterocycles. The lowest BCUT2D eigenvalue weighted by Gasteiger charge is -2.15. The molecule has 0 aliphatic carbocycles. The summed E-state index contributed by atoms with van der Waals surface area (Å²) in [5, 5.41) is 0.385. The zero-order chi connectivity index (χ0) is 23.4. The fraction of sp³-hybridized carbons (Fsp3) is 0.185. The molecule has 6 heteroatoms. The van der Waals surface area contributed by atoms with E-state index < -0.39 is 5.97 Å². The number of aliphatic imine (C=N–C) groups is 1. The summed E-state index contributed by atoms with van der Waals surface area (Å²) in [6.07, 6.45) is 1.63. The second kappa shape index (κ2) is 9.92. The van der Waals surface area contributed by atoms with Gasteiger partial charge in [0, 0.05) is 5.56 Å². The van der Waals surface area contributed by atoms with E-state index in [1.165, 1.54) is 0 Å². The van der Waals surface area contributed by atoms with Gasteiger partial charge in [0.15, 0.2) is 17.2 Å². The van der Waals surface area contributed by atoms with Gasteiger partial charge < -0.3 is 14.2 Å². The third-order valence-corrected chi connectivity index (χ3v) is 5.55. The Hall–Kier alpha value is -3.57. The standard InChI is InChI=1S/C27H24ClNO4/c1-4-31-24-15-19(13-22(28)25(24)32-16-20-11-7-5-9-17(20)2)14-23-27(30)33-26(29-23)21-12-8-6-10-18(21)3/h5-15H,4,16H2,1-3H3/b23-14-. The van der Waals surface area contributed by atoms with Gasteiger partial charge in [0.25, 0.3) is 0 Å². The van der Waals surface area contributed by atoms with Crippen molar-refractivity contribution in [2.24, 2.45) is 4.99 Å². The van der Waals surface area contributed by atoms with Crippen molar-refractivity contribution in [2.75, 3.05) is 6.61 Å². The Balaban J connectivity index is 1.63. The molecule has 168 valence electrons. The number of hydrogen-bond donors (Lipinski definition) is 0. The first-order chi connectivity index (χ1) is 16.0. The lowest BCUT2D eigenvalue weighted by molar-refractivity contribution is -0.129. The lowest BCUT2D eigenvalue weighted by atomic mass is 10.1. The van der Waals surface area contributed by atoms with Crippen LogP contribution >= 0.6 is 11.6 Å². The first kappa shape index (κ1) is 22.6. The molecule has 0 fully saturated rings. The maximum Gasteiger partial charge on any atom is 0.363 e. The number of rotatable bonds is 7.